The van der Waals surface area contributed by atoms with Crippen molar-refractivity contribution in [3.63, 3.8) is 0 Å². The van der Waals surface area contributed by atoms with Crippen LogP contribution in [0.15, 0.2) is 11.2 Å². The van der Waals surface area contributed by atoms with Crippen molar-refractivity contribution in [2.45, 2.75) is 70.2 Å². The van der Waals surface area contributed by atoms with Gasteiger partial charge in [-0.3, -0.25) is 4.90 Å². The maximum absolute atomic E-state index is 9.58. The van der Waals surface area contributed by atoms with Crippen LogP contribution < -0.4 is 0 Å². The summed E-state index contributed by atoms with van der Waals surface area (Å²) in [6.45, 7) is 7.09. The molecular weight excluding hydrogens is 294 g/mol. The lowest BCUT2D eigenvalue weighted by molar-refractivity contribution is 0.0785. The Labute approximate surface area is 138 Å². The van der Waals surface area contributed by atoms with Crippen LogP contribution in [0.3, 0.4) is 0 Å². The zero-order valence-electron chi connectivity index (χ0n) is 13.9. The molecule has 0 saturated carbocycles. The maximum atomic E-state index is 9.58. The fourth-order valence-corrected chi connectivity index (χ4v) is 3.67. The molecule has 1 aliphatic rings. The number of likely N-dealkylation sites (tertiary alicyclic amines) is 1. The number of piperidine rings is 1. The molecule has 0 aliphatic carbocycles. The van der Waals surface area contributed by atoms with E-state index in [4.69, 9.17) is 4.98 Å². The minimum Gasteiger partial charge on any atom is -0.393 e. The number of aliphatic hydroxyl groups excluding tert-OH is 1. The molecule has 0 amide bonds. The van der Waals surface area contributed by atoms with Gasteiger partial charge in [-0.1, -0.05) is 37.9 Å². The number of aryl methyl sites for hydroxylation is 1. The predicted octanol–water partition coefficient (Wildman–Crippen LogP) is 3.41. The van der Waals surface area contributed by atoms with Gasteiger partial charge in [0.1, 0.15) is 0 Å². The highest BCUT2D eigenvalue weighted by atomic mass is 32.2. The maximum Gasteiger partial charge on any atom is 0.188 e. The fourth-order valence-electron chi connectivity index (χ4n) is 2.75. The first kappa shape index (κ1) is 17.7. The van der Waals surface area contributed by atoms with Crippen LogP contribution >= 0.6 is 11.8 Å². The van der Waals surface area contributed by atoms with E-state index < -0.39 is 0 Å². The summed E-state index contributed by atoms with van der Waals surface area (Å²) in [5.41, 5.74) is 2.16. The Hall–Kier alpha value is -0.650. The minimum absolute atomic E-state index is 0.113. The number of aliphatic hydroxyl groups is 1. The van der Waals surface area contributed by atoms with Crippen LogP contribution in [-0.2, 0) is 6.54 Å². The van der Waals surface area contributed by atoms with Crippen molar-refractivity contribution in [3.05, 3.63) is 17.5 Å². The number of aromatic nitrogens is 2. The molecule has 0 bridgehead atoms. The molecule has 1 aromatic rings. The van der Waals surface area contributed by atoms with Crippen molar-refractivity contribution >= 4 is 11.8 Å². The Morgan fingerprint density at radius 1 is 1.23 bits per heavy atom. The van der Waals surface area contributed by atoms with Gasteiger partial charge < -0.3 is 5.11 Å². The molecule has 0 spiro atoms. The van der Waals surface area contributed by atoms with E-state index in [-0.39, 0.29) is 6.10 Å². The van der Waals surface area contributed by atoms with E-state index in [1.807, 2.05) is 6.92 Å². The van der Waals surface area contributed by atoms with E-state index in [0.717, 1.165) is 54.8 Å². The van der Waals surface area contributed by atoms with E-state index in [9.17, 15) is 5.11 Å². The normalized spacial score (nSPS) is 17.0. The molecule has 0 atom stereocenters. The van der Waals surface area contributed by atoms with Crippen molar-refractivity contribution in [1.82, 2.24) is 14.9 Å². The lowest BCUT2D eigenvalue weighted by atomic mass is 10.1. The number of rotatable bonds is 8. The van der Waals surface area contributed by atoms with Crippen molar-refractivity contribution < 1.29 is 5.11 Å². The van der Waals surface area contributed by atoms with Crippen molar-refractivity contribution in [2.24, 2.45) is 0 Å². The molecule has 0 radical (unpaired) electrons. The van der Waals surface area contributed by atoms with Gasteiger partial charge in [0.15, 0.2) is 5.16 Å². The fraction of sp³-hybridized carbons (Fsp3) is 0.765. The summed E-state index contributed by atoms with van der Waals surface area (Å²) in [7, 11) is 0. The summed E-state index contributed by atoms with van der Waals surface area (Å²) in [5, 5.41) is 10.5. The van der Waals surface area contributed by atoms with Gasteiger partial charge in [-0.2, -0.15) is 0 Å². The molecule has 0 unspecified atom stereocenters. The SMILES string of the molecule is CCCCCCSc1nc(C)cc(CN2CCC(O)CC2)n1. The lowest BCUT2D eigenvalue weighted by Gasteiger charge is -2.29. The Kier molecular flexibility index (Phi) is 7.63. The largest absolute Gasteiger partial charge is 0.393 e. The average Bonchev–Trinajstić information content (AvgIpc) is 2.49. The molecule has 1 aromatic heterocycles. The van der Waals surface area contributed by atoms with Crippen molar-refractivity contribution in [1.29, 1.82) is 0 Å². The van der Waals surface area contributed by atoms with E-state index in [2.05, 4.69) is 22.9 Å². The molecule has 2 heterocycles. The molecule has 0 aromatic carbocycles. The summed E-state index contributed by atoms with van der Waals surface area (Å²) < 4.78 is 0. The topological polar surface area (TPSA) is 49.2 Å². The third kappa shape index (κ3) is 6.23. The highest BCUT2D eigenvalue weighted by Gasteiger charge is 2.17. The van der Waals surface area contributed by atoms with Crippen LogP contribution in [0.4, 0.5) is 0 Å². The van der Waals surface area contributed by atoms with Crippen molar-refractivity contribution in [3.8, 4) is 0 Å². The molecular formula is C17H29N3OS. The third-order valence-corrected chi connectivity index (χ3v) is 4.99. The molecule has 1 fully saturated rings. The summed E-state index contributed by atoms with van der Waals surface area (Å²) in [6.07, 6.45) is 6.79. The zero-order chi connectivity index (χ0) is 15.8. The highest BCUT2D eigenvalue weighted by molar-refractivity contribution is 7.99. The van der Waals surface area contributed by atoms with Crippen LogP contribution in [0.5, 0.6) is 0 Å². The van der Waals surface area contributed by atoms with Crippen LogP contribution in [0.25, 0.3) is 0 Å². The van der Waals surface area contributed by atoms with Crippen LogP contribution in [0, 0.1) is 6.92 Å². The summed E-state index contributed by atoms with van der Waals surface area (Å²) >= 11 is 1.78. The average molecular weight is 324 g/mol. The molecule has 2 rings (SSSR count). The molecule has 1 saturated heterocycles. The van der Waals surface area contributed by atoms with Gasteiger partial charge in [0.2, 0.25) is 0 Å². The van der Waals surface area contributed by atoms with Gasteiger partial charge in [-0.25, -0.2) is 9.97 Å². The van der Waals surface area contributed by atoms with E-state index >= 15 is 0 Å². The van der Waals surface area contributed by atoms with Gasteiger partial charge in [0.05, 0.1) is 11.8 Å². The van der Waals surface area contributed by atoms with E-state index in [1.54, 1.807) is 11.8 Å². The summed E-state index contributed by atoms with van der Waals surface area (Å²) in [6, 6.07) is 2.09. The van der Waals surface area contributed by atoms with Gasteiger partial charge in [-0.05, 0) is 32.3 Å². The van der Waals surface area contributed by atoms with Gasteiger partial charge in [0, 0.05) is 31.1 Å². The number of hydrogen-bond acceptors (Lipinski definition) is 5. The second-order valence-electron chi connectivity index (χ2n) is 6.20. The molecule has 1 N–H and O–H groups in total. The Bertz CT molecular complexity index is 448. The highest BCUT2D eigenvalue weighted by Crippen LogP contribution is 2.18. The Morgan fingerprint density at radius 2 is 2.00 bits per heavy atom. The molecule has 5 heteroatoms. The monoisotopic (exact) mass is 323 g/mol. The number of hydrogen-bond donors (Lipinski definition) is 1. The Balaban J connectivity index is 1.83. The minimum atomic E-state index is -0.113. The van der Waals surface area contributed by atoms with E-state index in [0.29, 0.717) is 0 Å². The quantitative estimate of drug-likeness (QED) is 0.451. The molecule has 4 nitrogen and oxygen atoms in total. The van der Waals surface area contributed by atoms with Crippen LogP contribution in [0.1, 0.15) is 56.8 Å². The number of unbranched alkanes of at least 4 members (excludes halogenated alkanes) is 3. The second-order valence-corrected chi connectivity index (χ2v) is 7.26. The first-order chi connectivity index (χ1) is 10.7. The van der Waals surface area contributed by atoms with Gasteiger partial charge in [0.25, 0.3) is 0 Å². The predicted molar refractivity (Wildman–Crippen MR) is 92.2 cm³/mol. The zero-order valence-corrected chi connectivity index (χ0v) is 14.7. The molecule has 1 aliphatic heterocycles. The second kappa shape index (κ2) is 9.48. The first-order valence-corrected chi connectivity index (χ1v) is 9.53. The van der Waals surface area contributed by atoms with Crippen molar-refractivity contribution in [2.75, 3.05) is 18.8 Å². The third-order valence-electron chi connectivity index (χ3n) is 4.06. The Morgan fingerprint density at radius 3 is 2.73 bits per heavy atom. The molecule has 22 heavy (non-hydrogen) atoms. The van der Waals surface area contributed by atoms with Gasteiger partial charge >= 0.3 is 0 Å². The lowest BCUT2D eigenvalue weighted by Crippen LogP contribution is -2.35. The summed E-state index contributed by atoms with van der Waals surface area (Å²) in [4.78, 5) is 11.6. The smallest absolute Gasteiger partial charge is 0.188 e. The van der Waals surface area contributed by atoms with E-state index in [1.165, 1.54) is 25.7 Å². The van der Waals surface area contributed by atoms with Gasteiger partial charge in [-0.15, -0.1) is 0 Å². The number of thioether (sulfide) groups is 1. The molecule has 124 valence electrons. The van der Waals surface area contributed by atoms with Crippen LogP contribution in [0.2, 0.25) is 0 Å². The standard InChI is InChI=1S/C17H29N3OS/c1-3-4-5-6-11-22-17-18-14(2)12-15(19-17)13-20-9-7-16(21)8-10-20/h12,16,21H,3-11,13H2,1-2H3. The number of nitrogens with zero attached hydrogens (tertiary/aromatic N) is 3. The summed E-state index contributed by atoms with van der Waals surface area (Å²) in [5.74, 6) is 1.11. The van der Waals surface area contributed by atoms with Crippen LogP contribution in [-0.4, -0.2) is 44.9 Å². The first-order valence-electron chi connectivity index (χ1n) is 8.55.